The van der Waals surface area contributed by atoms with E-state index in [4.69, 9.17) is 0 Å². The number of likely N-dealkylation sites (tertiary alicyclic amines) is 1. The molecule has 2 N–H and O–H groups in total. The van der Waals surface area contributed by atoms with Crippen molar-refractivity contribution in [1.82, 2.24) is 20.0 Å². The molecular weight excluding hydrogens is 304 g/mol. The van der Waals surface area contributed by atoms with Gasteiger partial charge in [0.1, 0.15) is 0 Å². The van der Waals surface area contributed by atoms with Gasteiger partial charge in [-0.1, -0.05) is 18.2 Å². The van der Waals surface area contributed by atoms with E-state index in [1.54, 1.807) is 29.6 Å². The third kappa shape index (κ3) is 3.59. The summed E-state index contributed by atoms with van der Waals surface area (Å²) in [4.78, 5) is 14.2. The fourth-order valence-corrected chi connectivity index (χ4v) is 3.20. The summed E-state index contributed by atoms with van der Waals surface area (Å²) in [6.45, 7) is 4.62. The molecule has 128 valence electrons. The number of benzene rings is 1. The SMILES string of the molecule is CC(C)(O)[C@@H]1CCCN1C(=O)NCc1cnn(-c2ccccc2)c1. The molecule has 6 nitrogen and oxygen atoms in total. The number of hydrogen-bond donors (Lipinski definition) is 2. The summed E-state index contributed by atoms with van der Waals surface area (Å²) in [5.74, 6) is 0. The van der Waals surface area contributed by atoms with E-state index >= 15 is 0 Å². The van der Waals surface area contributed by atoms with Crippen LogP contribution in [0.4, 0.5) is 4.79 Å². The number of rotatable bonds is 4. The molecule has 0 spiro atoms. The molecule has 6 heteroatoms. The number of urea groups is 1. The molecule has 3 rings (SSSR count). The van der Waals surface area contributed by atoms with Gasteiger partial charge in [0, 0.05) is 24.8 Å². The van der Waals surface area contributed by atoms with Gasteiger partial charge in [-0.25, -0.2) is 9.48 Å². The standard InChI is InChI=1S/C18H24N4O2/c1-18(2,24)16-9-6-10-21(16)17(23)19-11-14-12-20-22(13-14)15-7-4-3-5-8-15/h3-5,7-8,12-13,16,24H,6,9-11H2,1-2H3,(H,19,23)/t16-/m0/s1. The van der Waals surface area contributed by atoms with E-state index in [2.05, 4.69) is 10.4 Å². The highest BCUT2D eigenvalue weighted by Crippen LogP contribution is 2.26. The molecule has 1 atom stereocenters. The molecular formula is C18H24N4O2. The van der Waals surface area contributed by atoms with Gasteiger partial charge in [-0.05, 0) is 38.8 Å². The van der Waals surface area contributed by atoms with Gasteiger partial charge < -0.3 is 15.3 Å². The van der Waals surface area contributed by atoms with Crippen molar-refractivity contribution >= 4 is 6.03 Å². The Hall–Kier alpha value is -2.34. The first-order valence-electron chi connectivity index (χ1n) is 8.31. The van der Waals surface area contributed by atoms with Gasteiger partial charge in [0.05, 0.1) is 23.5 Å². The molecule has 2 amide bonds. The van der Waals surface area contributed by atoms with Crippen molar-refractivity contribution in [3.63, 3.8) is 0 Å². The maximum Gasteiger partial charge on any atom is 0.318 e. The summed E-state index contributed by atoms with van der Waals surface area (Å²) in [7, 11) is 0. The molecule has 2 aromatic rings. The van der Waals surface area contributed by atoms with E-state index in [9.17, 15) is 9.90 Å². The van der Waals surface area contributed by atoms with E-state index in [-0.39, 0.29) is 12.1 Å². The van der Waals surface area contributed by atoms with Crippen LogP contribution in [0.3, 0.4) is 0 Å². The highest BCUT2D eigenvalue weighted by atomic mass is 16.3. The van der Waals surface area contributed by atoms with Crippen LogP contribution in [0.15, 0.2) is 42.7 Å². The highest BCUT2D eigenvalue weighted by molar-refractivity contribution is 5.75. The molecule has 0 radical (unpaired) electrons. The Labute approximate surface area is 142 Å². The second-order valence-corrected chi connectivity index (χ2v) is 6.79. The molecule has 0 aliphatic carbocycles. The van der Waals surface area contributed by atoms with E-state index < -0.39 is 5.60 Å². The van der Waals surface area contributed by atoms with Crippen molar-refractivity contribution in [2.75, 3.05) is 6.54 Å². The molecule has 0 saturated carbocycles. The third-order valence-electron chi connectivity index (χ3n) is 4.43. The Morgan fingerprint density at radius 2 is 2.12 bits per heavy atom. The number of amides is 2. The summed E-state index contributed by atoms with van der Waals surface area (Å²) in [5.41, 5.74) is 1.04. The highest BCUT2D eigenvalue weighted by Gasteiger charge is 2.38. The van der Waals surface area contributed by atoms with Crippen LogP contribution in [0.5, 0.6) is 0 Å². The van der Waals surface area contributed by atoms with E-state index in [1.165, 1.54) is 0 Å². The largest absolute Gasteiger partial charge is 0.388 e. The van der Waals surface area contributed by atoms with Crippen LogP contribution in [0.1, 0.15) is 32.3 Å². The number of aromatic nitrogens is 2. The maximum atomic E-state index is 12.4. The lowest BCUT2D eigenvalue weighted by Crippen LogP contribution is -2.51. The maximum absolute atomic E-state index is 12.4. The quantitative estimate of drug-likeness (QED) is 0.905. The fourth-order valence-electron chi connectivity index (χ4n) is 3.20. The molecule has 0 unspecified atom stereocenters. The molecule has 1 aromatic carbocycles. The summed E-state index contributed by atoms with van der Waals surface area (Å²) in [5, 5.41) is 17.5. The third-order valence-corrected chi connectivity index (χ3v) is 4.43. The minimum absolute atomic E-state index is 0.132. The predicted molar refractivity (Wildman–Crippen MR) is 91.8 cm³/mol. The van der Waals surface area contributed by atoms with Gasteiger partial charge in [-0.15, -0.1) is 0 Å². The van der Waals surface area contributed by atoms with Gasteiger partial charge in [-0.3, -0.25) is 0 Å². The topological polar surface area (TPSA) is 70.4 Å². The van der Waals surface area contributed by atoms with E-state index in [1.807, 2.05) is 36.5 Å². The zero-order chi connectivity index (χ0) is 17.2. The Morgan fingerprint density at radius 1 is 1.38 bits per heavy atom. The van der Waals surface area contributed by atoms with E-state index in [0.717, 1.165) is 24.1 Å². The summed E-state index contributed by atoms with van der Waals surface area (Å²) in [6, 6.07) is 9.58. The summed E-state index contributed by atoms with van der Waals surface area (Å²) in [6.07, 6.45) is 5.43. The van der Waals surface area contributed by atoms with Gasteiger partial charge in [0.15, 0.2) is 0 Å². The van der Waals surface area contributed by atoms with Gasteiger partial charge in [-0.2, -0.15) is 5.10 Å². The smallest absolute Gasteiger partial charge is 0.318 e. The van der Waals surface area contributed by atoms with Crippen LogP contribution >= 0.6 is 0 Å². The lowest BCUT2D eigenvalue weighted by molar-refractivity contribution is 0.00979. The molecule has 24 heavy (non-hydrogen) atoms. The van der Waals surface area contributed by atoms with Crippen molar-refractivity contribution in [3.8, 4) is 5.69 Å². The number of nitrogens with one attached hydrogen (secondary N) is 1. The molecule has 1 fully saturated rings. The van der Waals surface area contributed by atoms with Crippen molar-refractivity contribution < 1.29 is 9.90 Å². The van der Waals surface area contributed by atoms with Gasteiger partial charge in [0.25, 0.3) is 0 Å². The molecule has 2 heterocycles. The second-order valence-electron chi connectivity index (χ2n) is 6.79. The Bertz CT molecular complexity index is 691. The Balaban J connectivity index is 1.60. The molecule has 0 bridgehead atoms. The van der Waals surface area contributed by atoms with Crippen LogP contribution in [-0.2, 0) is 6.54 Å². The fraction of sp³-hybridized carbons (Fsp3) is 0.444. The first-order valence-corrected chi connectivity index (χ1v) is 8.31. The minimum atomic E-state index is -0.883. The molecule has 1 aliphatic heterocycles. The predicted octanol–water partition coefficient (Wildman–Crippen LogP) is 2.32. The molecule has 1 saturated heterocycles. The van der Waals surface area contributed by atoms with E-state index in [0.29, 0.717) is 13.1 Å². The average molecular weight is 328 g/mol. The zero-order valence-electron chi connectivity index (χ0n) is 14.1. The number of aliphatic hydroxyl groups is 1. The minimum Gasteiger partial charge on any atom is -0.388 e. The summed E-state index contributed by atoms with van der Waals surface area (Å²) < 4.78 is 1.79. The van der Waals surface area contributed by atoms with Crippen LogP contribution in [0.2, 0.25) is 0 Å². The Kier molecular flexibility index (Phi) is 4.57. The first kappa shape index (κ1) is 16.5. The average Bonchev–Trinajstić information content (AvgIpc) is 3.22. The summed E-state index contributed by atoms with van der Waals surface area (Å²) >= 11 is 0. The van der Waals surface area contributed by atoms with Crippen molar-refractivity contribution in [1.29, 1.82) is 0 Å². The monoisotopic (exact) mass is 328 g/mol. The van der Waals surface area contributed by atoms with Crippen molar-refractivity contribution in [3.05, 3.63) is 48.3 Å². The number of nitrogens with zero attached hydrogens (tertiary/aromatic N) is 3. The van der Waals surface area contributed by atoms with Crippen LogP contribution in [-0.4, -0.2) is 44.0 Å². The van der Waals surface area contributed by atoms with Crippen LogP contribution in [0, 0.1) is 0 Å². The van der Waals surface area contributed by atoms with Crippen LogP contribution < -0.4 is 5.32 Å². The zero-order valence-corrected chi connectivity index (χ0v) is 14.1. The normalized spacial score (nSPS) is 18.0. The number of hydrogen-bond acceptors (Lipinski definition) is 3. The van der Waals surface area contributed by atoms with Crippen molar-refractivity contribution in [2.45, 2.75) is 44.9 Å². The lowest BCUT2D eigenvalue weighted by atomic mass is 9.97. The number of carbonyl (C=O) groups is 1. The van der Waals surface area contributed by atoms with Gasteiger partial charge in [0.2, 0.25) is 0 Å². The lowest BCUT2D eigenvalue weighted by Gasteiger charge is -2.33. The van der Waals surface area contributed by atoms with Crippen molar-refractivity contribution in [2.24, 2.45) is 0 Å². The van der Waals surface area contributed by atoms with Gasteiger partial charge >= 0.3 is 6.03 Å². The second kappa shape index (κ2) is 6.65. The van der Waals surface area contributed by atoms with Crippen LogP contribution in [0.25, 0.3) is 5.69 Å². The molecule has 1 aromatic heterocycles. The molecule has 1 aliphatic rings. The number of para-hydroxylation sites is 1. The number of carbonyl (C=O) groups excluding carboxylic acids is 1. The Morgan fingerprint density at radius 3 is 2.83 bits per heavy atom. The first-order chi connectivity index (χ1) is 11.4.